The van der Waals surface area contributed by atoms with Gasteiger partial charge in [0.05, 0.1) is 22.9 Å². The Balaban J connectivity index is 1.40. The van der Waals surface area contributed by atoms with Gasteiger partial charge in [0.2, 0.25) is 5.91 Å². The number of piperidine rings is 1. The molecule has 3 amide bonds. The van der Waals surface area contributed by atoms with Crippen molar-refractivity contribution in [2.75, 3.05) is 29.9 Å². The summed E-state index contributed by atoms with van der Waals surface area (Å²) >= 11 is 6.14. The van der Waals surface area contributed by atoms with Gasteiger partial charge in [0.25, 0.3) is 0 Å². The normalized spacial score (nSPS) is 19.1. The highest BCUT2D eigenvalue weighted by atomic mass is 35.5. The number of halogens is 1. The fourth-order valence-corrected chi connectivity index (χ4v) is 4.21. The molecule has 0 bridgehead atoms. The van der Waals surface area contributed by atoms with E-state index >= 15 is 0 Å². The van der Waals surface area contributed by atoms with E-state index in [0.717, 1.165) is 17.0 Å². The molecule has 1 N–H and O–H groups in total. The maximum atomic E-state index is 13.3. The lowest BCUT2D eigenvalue weighted by Crippen LogP contribution is -2.51. The quantitative estimate of drug-likeness (QED) is 0.755. The summed E-state index contributed by atoms with van der Waals surface area (Å²) in [5, 5.41) is 3.43. The highest BCUT2D eigenvalue weighted by Crippen LogP contribution is 2.35. The largest absolute Gasteiger partial charge is 0.487 e. The first kappa shape index (κ1) is 20.5. The predicted molar refractivity (Wildman–Crippen MR) is 118 cm³/mol. The van der Waals surface area contributed by atoms with Gasteiger partial charge in [0.15, 0.2) is 0 Å². The number of likely N-dealkylation sites (tertiary alicyclic amines) is 1. The number of carbonyl (C=O) groups is 2. The van der Waals surface area contributed by atoms with E-state index in [0.29, 0.717) is 43.2 Å². The average Bonchev–Trinajstić information content (AvgIpc) is 2.74. The average molecular weight is 428 g/mol. The molecule has 2 aliphatic heterocycles. The number of nitrogens with zero attached hydrogens (tertiary/aromatic N) is 2. The minimum Gasteiger partial charge on any atom is -0.487 e. The number of fused-ring (bicyclic) bond motifs is 1. The molecular weight excluding hydrogens is 402 g/mol. The standard InChI is InChI=1S/C23H26ClN3O3/c1-15-7-8-21-20(13-15)27(14-16(2)30-21)23(29)26-11-9-17(10-12-26)22(28)25-19-6-4-3-5-18(19)24/h3-8,13,16-17H,9-12,14H2,1-2H3,(H,25,28)/t16-/m0/s1. The number of nitrogens with one attached hydrogen (secondary N) is 1. The molecule has 0 aromatic heterocycles. The summed E-state index contributed by atoms with van der Waals surface area (Å²) in [6.45, 7) is 5.58. The molecule has 1 fully saturated rings. The van der Waals surface area contributed by atoms with Crippen molar-refractivity contribution < 1.29 is 14.3 Å². The van der Waals surface area contributed by atoms with Crippen LogP contribution in [-0.4, -0.2) is 42.6 Å². The van der Waals surface area contributed by atoms with E-state index in [1.807, 2.05) is 49.1 Å². The molecule has 0 aliphatic carbocycles. The smallest absolute Gasteiger partial charge is 0.324 e. The zero-order chi connectivity index (χ0) is 21.3. The van der Waals surface area contributed by atoms with Crippen LogP contribution in [0.5, 0.6) is 5.75 Å². The van der Waals surface area contributed by atoms with Crippen molar-refractivity contribution in [3.8, 4) is 5.75 Å². The van der Waals surface area contributed by atoms with Crippen molar-refractivity contribution in [2.45, 2.75) is 32.8 Å². The first-order valence-corrected chi connectivity index (χ1v) is 10.7. The molecule has 2 aromatic carbocycles. The van der Waals surface area contributed by atoms with E-state index in [-0.39, 0.29) is 24.0 Å². The van der Waals surface area contributed by atoms with E-state index < -0.39 is 0 Å². The number of hydrogen-bond donors (Lipinski definition) is 1. The summed E-state index contributed by atoms with van der Waals surface area (Å²) < 4.78 is 5.89. The van der Waals surface area contributed by atoms with Crippen LogP contribution in [0.2, 0.25) is 5.02 Å². The van der Waals surface area contributed by atoms with Crippen LogP contribution in [0.4, 0.5) is 16.2 Å². The Kier molecular flexibility index (Phi) is 5.86. The second kappa shape index (κ2) is 8.56. The molecule has 4 rings (SSSR count). The number of rotatable bonds is 2. The minimum absolute atomic E-state index is 0.0260. The lowest BCUT2D eigenvalue weighted by molar-refractivity contribution is -0.121. The number of urea groups is 1. The van der Waals surface area contributed by atoms with E-state index in [2.05, 4.69) is 5.32 Å². The van der Waals surface area contributed by atoms with Gasteiger partial charge in [-0.25, -0.2) is 4.79 Å². The summed E-state index contributed by atoms with van der Waals surface area (Å²) in [4.78, 5) is 29.5. The molecule has 0 saturated carbocycles. The molecule has 6 nitrogen and oxygen atoms in total. The molecule has 0 radical (unpaired) electrons. The monoisotopic (exact) mass is 427 g/mol. The number of aryl methyl sites for hydroxylation is 1. The summed E-state index contributed by atoms with van der Waals surface area (Å²) in [7, 11) is 0. The lowest BCUT2D eigenvalue weighted by Gasteiger charge is -2.39. The molecule has 1 saturated heterocycles. The van der Waals surface area contributed by atoms with Gasteiger partial charge in [0, 0.05) is 19.0 Å². The van der Waals surface area contributed by atoms with Crippen LogP contribution in [0.1, 0.15) is 25.3 Å². The van der Waals surface area contributed by atoms with Crippen LogP contribution < -0.4 is 15.0 Å². The van der Waals surface area contributed by atoms with Crippen molar-refractivity contribution in [3.05, 3.63) is 53.1 Å². The predicted octanol–water partition coefficient (Wildman–Crippen LogP) is 4.71. The van der Waals surface area contributed by atoms with Crippen LogP contribution in [0.15, 0.2) is 42.5 Å². The molecule has 7 heteroatoms. The fraction of sp³-hybridized carbons (Fsp3) is 0.391. The van der Waals surface area contributed by atoms with Gasteiger partial charge in [0.1, 0.15) is 11.9 Å². The second-order valence-electron chi connectivity index (χ2n) is 8.02. The van der Waals surface area contributed by atoms with Crippen LogP contribution >= 0.6 is 11.6 Å². The number of ether oxygens (including phenoxy) is 1. The number of para-hydroxylation sites is 1. The van der Waals surface area contributed by atoms with Crippen LogP contribution in [0.25, 0.3) is 0 Å². The van der Waals surface area contributed by atoms with Gasteiger partial charge in [-0.3, -0.25) is 9.69 Å². The Morgan fingerprint density at radius 3 is 2.60 bits per heavy atom. The number of anilines is 2. The van der Waals surface area contributed by atoms with E-state index in [9.17, 15) is 9.59 Å². The topological polar surface area (TPSA) is 61.9 Å². The summed E-state index contributed by atoms with van der Waals surface area (Å²) in [5.41, 5.74) is 2.52. The maximum Gasteiger partial charge on any atom is 0.324 e. The first-order valence-electron chi connectivity index (χ1n) is 10.3. The molecule has 158 valence electrons. The summed E-state index contributed by atoms with van der Waals surface area (Å²) in [6, 6.07) is 13.1. The first-order chi connectivity index (χ1) is 14.4. The summed E-state index contributed by atoms with van der Waals surface area (Å²) in [6.07, 6.45) is 1.19. The van der Waals surface area contributed by atoms with Crippen molar-refractivity contribution in [1.29, 1.82) is 0 Å². The van der Waals surface area contributed by atoms with Crippen LogP contribution in [-0.2, 0) is 4.79 Å². The number of benzene rings is 2. The van der Waals surface area contributed by atoms with Gasteiger partial charge in [-0.05, 0) is 56.5 Å². The molecule has 30 heavy (non-hydrogen) atoms. The Labute approximate surface area is 181 Å². The second-order valence-corrected chi connectivity index (χ2v) is 8.43. The lowest BCUT2D eigenvalue weighted by atomic mass is 9.96. The van der Waals surface area contributed by atoms with Crippen molar-refractivity contribution >= 4 is 34.9 Å². The molecule has 2 heterocycles. The van der Waals surface area contributed by atoms with Gasteiger partial charge in [-0.1, -0.05) is 29.8 Å². The van der Waals surface area contributed by atoms with E-state index in [4.69, 9.17) is 16.3 Å². The van der Waals surface area contributed by atoms with Crippen LogP contribution in [0.3, 0.4) is 0 Å². The Morgan fingerprint density at radius 2 is 1.87 bits per heavy atom. The number of amides is 3. The zero-order valence-corrected chi connectivity index (χ0v) is 18.0. The molecule has 0 spiro atoms. The van der Waals surface area contributed by atoms with Crippen LogP contribution in [0, 0.1) is 12.8 Å². The zero-order valence-electron chi connectivity index (χ0n) is 17.2. The Morgan fingerprint density at radius 1 is 1.13 bits per heavy atom. The van der Waals surface area contributed by atoms with Crippen molar-refractivity contribution in [1.82, 2.24) is 4.90 Å². The van der Waals surface area contributed by atoms with Gasteiger partial charge < -0.3 is 15.0 Å². The Hall–Kier alpha value is -2.73. The maximum absolute atomic E-state index is 13.3. The third-order valence-corrected chi connectivity index (χ3v) is 6.00. The van der Waals surface area contributed by atoms with Crippen molar-refractivity contribution in [2.24, 2.45) is 5.92 Å². The highest BCUT2D eigenvalue weighted by molar-refractivity contribution is 6.33. The highest BCUT2D eigenvalue weighted by Gasteiger charge is 2.34. The molecule has 2 aliphatic rings. The third kappa shape index (κ3) is 4.24. The van der Waals surface area contributed by atoms with E-state index in [1.165, 1.54) is 0 Å². The molecule has 0 unspecified atom stereocenters. The molecular formula is C23H26ClN3O3. The van der Waals surface area contributed by atoms with Gasteiger partial charge in [-0.2, -0.15) is 0 Å². The Bertz CT molecular complexity index is 956. The number of hydrogen-bond acceptors (Lipinski definition) is 3. The molecule has 1 atom stereocenters. The number of carbonyl (C=O) groups excluding carboxylic acids is 2. The van der Waals surface area contributed by atoms with Gasteiger partial charge >= 0.3 is 6.03 Å². The summed E-state index contributed by atoms with van der Waals surface area (Å²) in [5.74, 6) is 0.557. The SMILES string of the molecule is Cc1ccc2c(c1)N(C(=O)N1CCC(C(=O)Nc3ccccc3Cl)CC1)C[C@H](C)O2. The molecule has 2 aromatic rings. The van der Waals surface area contributed by atoms with Gasteiger partial charge in [-0.15, -0.1) is 0 Å². The fourth-order valence-electron chi connectivity index (χ4n) is 4.03. The third-order valence-electron chi connectivity index (χ3n) is 5.67. The van der Waals surface area contributed by atoms with E-state index in [1.54, 1.807) is 17.0 Å². The minimum atomic E-state index is -0.136. The van der Waals surface area contributed by atoms with Crippen molar-refractivity contribution in [3.63, 3.8) is 0 Å².